The van der Waals surface area contributed by atoms with Gasteiger partial charge in [-0.2, -0.15) is 0 Å². The van der Waals surface area contributed by atoms with E-state index in [-0.39, 0.29) is 11.9 Å². The molecule has 0 saturated carbocycles. The minimum atomic E-state index is -0.138. The SMILES string of the molecule is CCC(C)C1CN(C(C)c2cccc(F)c2)C(CC)CN1. The summed E-state index contributed by atoms with van der Waals surface area (Å²) in [6.45, 7) is 11.1. The average Bonchev–Trinajstić information content (AvgIpc) is 2.52. The molecule has 1 heterocycles. The van der Waals surface area contributed by atoms with Crippen LogP contribution < -0.4 is 5.32 Å². The molecule has 1 N–H and O–H groups in total. The van der Waals surface area contributed by atoms with Gasteiger partial charge in [-0.15, -0.1) is 0 Å². The number of hydrogen-bond donors (Lipinski definition) is 1. The highest BCUT2D eigenvalue weighted by atomic mass is 19.1. The summed E-state index contributed by atoms with van der Waals surface area (Å²) < 4.78 is 13.5. The van der Waals surface area contributed by atoms with Gasteiger partial charge in [-0.3, -0.25) is 4.90 Å². The van der Waals surface area contributed by atoms with Crippen molar-refractivity contribution in [3.05, 3.63) is 35.6 Å². The second-order valence-corrected chi connectivity index (χ2v) is 6.39. The number of piperazine rings is 1. The Morgan fingerprint density at radius 2 is 2.10 bits per heavy atom. The molecule has 4 unspecified atom stereocenters. The first-order chi connectivity index (χ1) is 10.1. The van der Waals surface area contributed by atoms with Gasteiger partial charge in [-0.1, -0.05) is 39.3 Å². The van der Waals surface area contributed by atoms with Crippen LogP contribution in [0.3, 0.4) is 0 Å². The third kappa shape index (κ3) is 3.83. The third-order valence-corrected chi connectivity index (χ3v) is 5.12. The van der Waals surface area contributed by atoms with Gasteiger partial charge in [0.15, 0.2) is 0 Å². The van der Waals surface area contributed by atoms with Crippen molar-refractivity contribution in [3.8, 4) is 0 Å². The minimum absolute atomic E-state index is 0.138. The van der Waals surface area contributed by atoms with E-state index in [2.05, 4.69) is 37.9 Å². The number of nitrogens with zero attached hydrogens (tertiary/aromatic N) is 1. The van der Waals surface area contributed by atoms with Gasteiger partial charge in [0, 0.05) is 31.2 Å². The standard InChI is InChI=1S/C18H29FN2/c1-5-13(3)18-12-21(17(6-2)11-20-18)14(4)15-8-7-9-16(19)10-15/h7-10,13-14,17-18,20H,5-6,11-12H2,1-4H3. The Labute approximate surface area is 128 Å². The summed E-state index contributed by atoms with van der Waals surface area (Å²) in [5.74, 6) is 0.533. The summed E-state index contributed by atoms with van der Waals surface area (Å²) in [6.07, 6.45) is 2.32. The van der Waals surface area contributed by atoms with Gasteiger partial charge in [0.05, 0.1) is 0 Å². The first kappa shape index (κ1) is 16.4. The summed E-state index contributed by atoms with van der Waals surface area (Å²) >= 11 is 0. The first-order valence-corrected chi connectivity index (χ1v) is 8.31. The Kier molecular flexibility index (Phi) is 5.77. The van der Waals surface area contributed by atoms with Crippen LogP contribution in [0, 0.1) is 11.7 Å². The predicted octanol–water partition coefficient (Wildman–Crippen LogP) is 3.99. The van der Waals surface area contributed by atoms with Crippen LogP contribution >= 0.6 is 0 Å². The number of nitrogens with one attached hydrogen (secondary N) is 1. The van der Waals surface area contributed by atoms with Crippen LogP contribution in [0.4, 0.5) is 4.39 Å². The Morgan fingerprint density at radius 3 is 2.71 bits per heavy atom. The van der Waals surface area contributed by atoms with Crippen LogP contribution in [0.25, 0.3) is 0 Å². The predicted molar refractivity (Wildman–Crippen MR) is 86.8 cm³/mol. The van der Waals surface area contributed by atoms with Gasteiger partial charge >= 0.3 is 0 Å². The molecule has 0 amide bonds. The van der Waals surface area contributed by atoms with E-state index in [0.717, 1.165) is 25.1 Å². The Bertz CT molecular complexity index is 449. The number of halogens is 1. The van der Waals surface area contributed by atoms with Crippen molar-refractivity contribution in [3.63, 3.8) is 0 Å². The molecule has 0 radical (unpaired) electrons. The van der Waals surface area contributed by atoms with E-state index in [1.54, 1.807) is 6.07 Å². The monoisotopic (exact) mass is 292 g/mol. The number of rotatable bonds is 5. The third-order valence-electron chi connectivity index (χ3n) is 5.12. The van der Waals surface area contributed by atoms with E-state index in [9.17, 15) is 4.39 Å². The van der Waals surface area contributed by atoms with E-state index >= 15 is 0 Å². The molecule has 1 aliphatic heterocycles. The highest BCUT2D eigenvalue weighted by molar-refractivity contribution is 5.20. The maximum absolute atomic E-state index is 13.5. The topological polar surface area (TPSA) is 15.3 Å². The summed E-state index contributed by atoms with van der Waals surface area (Å²) in [7, 11) is 0. The Morgan fingerprint density at radius 1 is 1.33 bits per heavy atom. The average molecular weight is 292 g/mol. The normalized spacial score (nSPS) is 26.5. The van der Waals surface area contributed by atoms with Gasteiger partial charge in [0.25, 0.3) is 0 Å². The van der Waals surface area contributed by atoms with Crippen LogP contribution in [0.15, 0.2) is 24.3 Å². The second-order valence-electron chi connectivity index (χ2n) is 6.39. The van der Waals surface area contributed by atoms with E-state index in [1.165, 1.54) is 12.5 Å². The smallest absolute Gasteiger partial charge is 0.123 e. The summed E-state index contributed by atoms with van der Waals surface area (Å²) in [5, 5.41) is 3.70. The fraction of sp³-hybridized carbons (Fsp3) is 0.667. The van der Waals surface area contributed by atoms with E-state index < -0.39 is 0 Å². The quantitative estimate of drug-likeness (QED) is 0.883. The van der Waals surface area contributed by atoms with Gasteiger partial charge in [-0.25, -0.2) is 4.39 Å². The molecule has 1 aromatic carbocycles. The van der Waals surface area contributed by atoms with Crippen molar-refractivity contribution < 1.29 is 4.39 Å². The van der Waals surface area contributed by atoms with Crippen molar-refractivity contribution in [1.29, 1.82) is 0 Å². The lowest BCUT2D eigenvalue weighted by Gasteiger charge is -2.45. The molecular formula is C18H29FN2. The highest BCUT2D eigenvalue weighted by Crippen LogP contribution is 2.28. The molecule has 4 atom stereocenters. The lowest BCUT2D eigenvalue weighted by atomic mass is 9.92. The maximum atomic E-state index is 13.5. The molecule has 0 aromatic heterocycles. The van der Waals surface area contributed by atoms with Crippen LogP contribution in [0.5, 0.6) is 0 Å². The highest BCUT2D eigenvalue weighted by Gasteiger charge is 2.32. The largest absolute Gasteiger partial charge is 0.311 e. The lowest BCUT2D eigenvalue weighted by Crippen LogP contribution is -2.58. The van der Waals surface area contributed by atoms with Gasteiger partial charge in [0.2, 0.25) is 0 Å². The lowest BCUT2D eigenvalue weighted by molar-refractivity contribution is 0.0705. The van der Waals surface area contributed by atoms with Gasteiger partial charge in [0.1, 0.15) is 5.82 Å². The molecule has 0 aliphatic carbocycles. The van der Waals surface area contributed by atoms with Crippen molar-refractivity contribution in [1.82, 2.24) is 10.2 Å². The van der Waals surface area contributed by atoms with Crippen LogP contribution in [-0.2, 0) is 0 Å². The molecule has 1 fully saturated rings. The van der Waals surface area contributed by atoms with Crippen LogP contribution in [-0.4, -0.2) is 30.1 Å². The summed E-state index contributed by atoms with van der Waals surface area (Å²) in [5.41, 5.74) is 1.08. The number of hydrogen-bond acceptors (Lipinski definition) is 2. The van der Waals surface area contributed by atoms with Crippen molar-refractivity contribution in [2.75, 3.05) is 13.1 Å². The van der Waals surface area contributed by atoms with Gasteiger partial charge < -0.3 is 5.32 Å². The fourth-order valence-electron chi connectivity index (χ4n) is 3.32. The van der Waals surface area contributed by atoms with Crippen molar-refractivity contribution >= 4 is 0 Å². The van der Waals surface area contributed by atoms with E-state index in [0.29, 0.717) is 18.0 Å². The second kappa shape index (κ2) is 7.37. The molecule has 1 aliphatic rings. The molecule has 2 nitrogen and oxygen atoms in total. The minimum Gasteiger partial charge on any atom is -0.311 e. The molecule has 1 aromatic rings. The fourth-order valence-corrected chi connectivity index (χ4v) is 3.32. The Balaban J connectivity index is 2.16. The van der Waals surface area contributed by atoms with Crippen molar-refractivity contribution in [2.45, 2.75) is 58.7 Å². The first-order valence-electron chi connectivity index (χ1n) is 8.31. The molecule has 3 heteroatoms. The summed E-state index contributed by atoms with van der Waals surface area (Å²) in [4.78, 5) is 2.56. The molecule has 118 valence electrons. The molecule has 2 rings (SSSR count). The zero-order valence-corrected chi connectivity index (χ0v) is 13.8. The molecule has 1 saturated heterocycles. The molecule has 0 spiro atoms. The van der Waals surface area contributed by atoms with Gasteiger partial charge in [-0.05, 0) is 37.0 Å². The molecular weight excluding hydrogens is 263 g/mol. The summed E-state index contributed by atoms with van der Waals surface area (Å²) in [6, 6.07) is 8.39. The number of benzene rings is 1. The van der Waals surface area contributed by atoms with Crippen LogP contribution in [0.1, 0.15) is 52.1 Å². The zero-order valence-electron chi connectivity index (χ0n) is 13.8. The van der Waals surface area contributed by atoms with E-state index in [1.807, 2.05) is 12.1 Å². The van der Waals surface area contributed by atoms with Crippen molar-refractivity contribution in [2.24, 2.45) is 5.92 Å². The maximum Gasteiger partial charge on any atom is 0.123 e. The molecule has 0 bridgehead atoms. The Hall–Kier alpha value is -0.930. The molecule has 21 heavy (non-hydrogen) atoms. The van der Waals surface area contributed by atoms with Crippen LogP contribution in [0.2, 0.25) is 0 Å². The zero-order chi connectivity index (χ0) is 15.4. The van der Waals surface area contributed by atoms with E-state index in [4.69, 9.17) is 0 Å².